The van der Waals surface area contributed by atoms with E-state index in [1.807, 2.05) is 13.0 Å². The first-order valence-electron chi connectivity index (χ1n) is 4.93. The van der Waals surface area contributed by atoms with Crippen molar-refractivity contribution in [3.8, 4) is 0 Å². The monoisotopic (exact) mass is 365 g/mol. The molecule has 0 bridgehead atoms. The zero-order valence-corrected chi connectivity index (χ0v) is 13.3. The highest BCUT2D eigenvalue weighted by Gasteiger charge is 2.18. The molecule has 96 valence electrons. The number of hydrogen-bond acceptors (Lipinski definition) is 3. The quantitative estimate of drug-likeness (QED) is 0.881. The van der Waals surface area contributed by atoms with E-state index in [-0.39, 0.29) is 4.21 Å². The fourth-order valence-electron chi connectivity index (χ4n) is 1.36. The minimum absolute atomic E-state index is 0.195. The molecule has 1 heterocycles. The van der Waals surface area contributed by atoms with Crippen LogP contribution in [0.15, 0.2) is 39.0 Å². The highest BCUT2D eigenvalue weighted by Crippen LogP contribution is 2.31. The van der Waals surface area contributed by atoms with Crippen molar-refractivity contribution in [2.24, 2.45) is 0 Å². The predicted octanol–water partition coefficient (Wildman–Crippen LogP) is 4.27. The summed E-state index contributed by atoms with van der Waals surface area (Å²) < 4.78 is 28.1. The van der Waals surface area contributed by atoms with Crippen molar-refractivity contribution in [1.82, 2.24) is 0 Å². The maximum Gasteiger partial charge on any atom is 0.271 e. The Labute approximate surface area is 123 Å². The summed E-state index contributed by atoms with van der Waals surface area (Å²) in [6.45, 7) is 1.89. The van der Waals surface area contributed by atoms with Gasteiger partial charge < -0.3 is 0 Å². The van der Waals surface area contributed by atoms with Gasteiger partial charge in [0.05, 0.1) is 10.0 Å². The molecular formula is C11H9BrClNO2S2. The van der Waals surface area contributed by atoms with Gasteiger partial charge >= 0.3 is 0 Å². The molecular weight excluding hydrogens is 358 g/mol. The Kier molecular flexibility index (Phi) is 4.01. The van der Waals surface area contributed by atoms with Crippen LogP contribution in [-0.2, 0) is 10.0 Å². The van der Waals surface area contributed by atoms with E-state index >= 15 is 0 Å². The van der Waals surface area contributed by atoms with Gasteiger partial charge in [0.15, 0.2) is 0 Å². The normalized spacial score (nSPS) is 11.5. The SMILES string of the molecule is Cc1cccc(NS(=O)(=O)c2ccc(Cl)s2)c1Br. The zero-order chi connectivity index (χ0) is 13.3. The number of aryl methyl sites for hydroxylation is 1. The van der Waals surface area contributed by atoms with Gasteiger partial charge in [0.25, 0.3) is 10.0 Å². The van der Waals surface area contributed by atoms with Crippen molar-refractivity contribution < 1.29 is 8.42 Å². The van der Waals surface area contributed by atoms with Gasteiger partial charge in [0.2, 0.25) is 0 Å². The first-order valence-corrected chi connectivity index (χ1v) is 8.40. The summed E-state index contributed by atoms with van der Waals surface area (Å²) in [5.74, 6) is 0. The summed E-state index contributed by atoms with van der Waals surface area (Å²) >= 11 is 10.1. The molecule has 1 aromatic carbocycles. The number of halogens is 2. The fraction of sp³-hybridized carbons (Fsp3) is 0.0909. The fourth-order valence-corrected chi connectivity index (χ4v) is 4.41. The summed E-state index contributed by atoms with van der Waals surface area (Å²) in [4.78, 5) is 0. The third-order valence-corrected chi connectivity index (χ3v) is 6.39. The number of nitrogens with one attached hydrogen (secondary N) is 1. The van der Waals surface area contributed by atoms with Crippen molar-refractivity contribution in [1.29, 1.82) is 0 Å². The molecule has 0 spiro atoms. The lowest BCUT2D eigenvalue weighted by molar-refractivity contribution is 0.603. The largest absolute Gasteiger partial charge is 0.278 e. The van der Waals surface area contributed by atoms with Gasteiger partial charge in [0, 0.05) is 4.47 Å². The van der Waals surface area contributed by atoms with Crippen LogP contribution in [0.3, 0.4) is 0 Å². The molecule has 0 atom stereocenters. The van der Waals surface area contributed by atoms with E-state index in [1.165, 1.54) is 6.07 Å². The predicted molar refractivity (Wildman–Crippen MR) is 79.0 cm³/mol. The summed E-state index contributed by atoms with van der Waals surface area (Å²) in [6, 6.07) is 8.43. The number of anilines is 1. The highest BCUT2D eigenvalue weighted by molar-refractivity contribution is 9.10. The Hall–Kier alpha value is -0.560. The molecule has 0 amide bonds. The Morgan fingerprint density at radius 1 is 1.28 bits per heavy atom. The third-order valence-electron chi connectivity index (χ3n) is 2.25. The van der Waals surface area contributed by atoms with Crippen LogP contribution in [0, 0.1) is 6.92 Å². The van der Waals surface area contributed by atoms with Gasteiger partial charge in [-0.05, 0) is 46.6 Å². The molecule has 0 saturated heterocycles. The minimum atomic E-state index is -3.58. The van der Waals surface area contributed by atoms with Crippen LogP contribution in [0.25, 0.3) is 0 Å². The van der Waals surface area contributed by atoms with Gasteiger partial charge in [0.1, 0.15) is 4.21 Å². The molecule has 0 fully saturated rings. The average Bonchev–Trinajstić information content (AvgIpc) is 2.72. The van der Waals surface area contributed by atoms with Gasteiger partial charge in [-0.2, -0.15) is 0 Å². The standard InChI is InChI=1S/C11H9BrClNO2S2/c1-7-3-2-4-8(11(7)12)14-18(15,16)10-6-5-9(13)17-10/h2-6,14H,1H3. The molecule has 7 heteroatoms. The second-order valence-corrected chi connectivity index (χ2v) is 8.02. The van der Waals surface area contributed by atoms with Gasteiger partial charge in [-0.3, -0.25) is 4.72 Å². The molecule has 0 aliphatic carbocycles. The third kappa shape index (κ3) is 2.88. The molecule has 0 aliphatic heterocycles. The van der Waals surface area contributed by atoms with Gasteiger partial charge in [-0.25, -0.2) is 8.42 Å². The molecule has 0 radical (unpaired) electrons. The lowest BCUT2D eigenvalue weighted by Crippen LogP contribution is -2.12. The average molecular weight is 367 g/mol. The van der Waals surface area contributed by atoms with Gasteiger partial charge in [-0.15, -0.1) is 11.3 Å². The smallest absolute Gasteiger partial charge is 0.271 e. The molecule has 18 heavy (non-hydrogen) atoms. The van der Waals surface area contributed by atoms with E-state index in [0.717, 1.165) is 21.4 Å². The summed E-state index contributed by atoms with van der Waals surface area (Å²) in [6.07, 6.45) is 0. The summed E-state index contributed by atoms with van der Waals surface area (Å²) in [7, 11) is -3.58. The van der Waals surface area contributed by atoms with Gasteiger partial charge in [-0.1, -0.05) is 23.7 Å². The molecule has 0 saturated carbocycles. The van der Waals surface area contributed by atoms with Crippen LogP contribution in [0.2, 0.25) is 4.34 Å². The molecule has 0 aliphatic rings. The molecule has 2 aromatic rings. The first-order chi connectivity index (χ1) is 8.40. The van der Waals surface area contributed by atoms with E-state index in [9.17, 15) is 8.42 Å². The lowest BCUT2D eigenvalue weighted by atomic mass is 10.2. The number of rotatable bonds is 3. The Balaban J connectivity index is 2.37. The van der Waals surface area contributed by atoms with E-state index in [0.29, 0.717) is 10.0 Å². The van der Waals surface area contributed by atoms with Crippen molar-refractivity contribution >= 4 is 54.6 Å². The van der Waals surface area contributed by atoms with Crippen molar-refractivity contribution in [2.45, 2.75) is 11.1 Å². The molecule has 1 aromatic heterocycles. The first kappa shape index (κ1) is 13.9. The Morgan fingerprint density at radius 2 is 2.00 bits per heavy atom. The highest BCUT2D eigenvalue weighted by atomic mass is 79.9. The lowest BCUT2D eigenvalue weighted by Gasteiger charge is -2.09. The summed E-state index contributed by atoms with van der Waals surface area (Å²) in [5.41, 5.74) is 1.47. The minimum Gasteiger partial charge on any atom is -0.278 e. The topological polar surface area (TPSA) is 46.2 Å². The molecule has 2 rings (SSSR count). The van der Waals surface area contributed by atoms with Crippen LogP contribution in [0.4, 0.5) is 5.69 Å². The van der Waals surface area contributed by atoms with Crippen LogP contribution < -0.4 is 4.72 Å². The Bertz CT molecular complexity index is 682. The maximum atomic E-state index is 12.1. The van der Waals surface area contributed by atoms with E-state index < -0.39 is 10.0 Å². The second kappa shape index (κ2) is 5.21. The van der Waals surface area contributed by atoms with Crippen molar-refractivity contribution in [3.05, 3.63) is 44.7 Å². The number of sulfonamides is 1. The van der Waals surface area contributed by atoms with Crippen LogP contribution >= 0.6 is 38.9 Å². The van der Waals surface area contributed by atoms with Crippen LogP contribution in [0.5, 0.6) is 0 Å². The zero-order valence-electron chi connectivity index (χ0n) is 9.28. The van der Waals surface area contributed by atoms with E-state index in [4.69, 9.17) is 11.6 Å². The van der Waals surface area contributed by atoms with Crippen LogP contribution in [0.1, 0.15) is 5.56 Å². The van der Waals surface area contributed by atoms with Crippen LogP contribution in [-0.4, -0.2) is 8.42 Å². The number of benzene rings is 1. The maximum absolute atomic E-state index is 12.1. The molecule has 3 nitrogen and oxygen atoms in total. The molecule has 1 N–H and O–H groups in total. The van der Waals surface area contributed by atoms with E-state index in [1.54, 1.807) is 18.2 Å². The van der Waals surface area contributed by atoms with E-state index in [2.05, 4.69) is 20.7 Å². The van der Waals surface area contributed by atoms with Crippen molar-refractivity contribution in [3.63, 3.8) is 0 Å². The number of hydrogen-bond donors (Lipinski definition) is 1. The second-order valence-electron chi connectivity index (χ2n) is 3.60. The van der Waals surface area contributed by atoms with Crippen molar-refractivity contribution in [2.75, 3.05) is 4.72 Å². The summed E-state index contributed by atoms with van der Waals surface area (Å²) in [5, 5.41) is 0. The molecule has 0 unspecified atom stereocenters. The Morgan fingerprint density at radius 3 is 2.61 bits per heavy atom. The number of thiophene rings is 1.